The summed E-state index contributed by atoms with van der Waals surface area (Å²) in [6.07, 6.45) is 0. The van der Waals surface area contributed by atoms with Crippen molar-refractivity contribution in [3.8, 4) is 0 Å². The number of halogens is 2. The molecule has 1 aromatic carbocycles. The fraction of sp³-hybridized carbons (Fsp3) is 0.571. The van der Waals surface area contributed by atoms with Crippen LogP contribution in [-0.2, 0) is 6.54 Å². The topological polar surface area (TPSA) is 15.3 Å². The van der Waals surface area contributed by atoms with Gasteiger partial charge in [0.25, 0.3) is 0 Å². The van der Waals surface area contributed by atoms with Crippen LogP contribution < -0.4 is 5.32 Å². The Hall–Kier alpha value is -1.00. The summed E-state index contributed by atoms with van der Waals surface area (Å²) in [5.41, 5.74) is 0.447. The van der Waals surface area contributed by atoms with E-state index in [4.69, 9.17) is 0 Å². The molecule has 0 bridgehead atoms. The van der Waals surface area contributed by atoms with E-state index in [2.05, 4.69) is 24.1 Å². The fourth-order valence-electron chi connectivity index (χ4n) is 2.50. The van der Waals surface area contributed by atoms with Gasteiger partial charge in [0.2, 0.25) is 0 Å². The molecule has 18 heavy (non-hydrogen) atoms. The molecule has 0 radical (unpaired) electrons. The van der Waals surface area contributed by atoms with Gasteiger partial charge in [0.15, 0.2) is 0 Å². The first kappa shape index (κ1) is 13.4. The van der Waals surface area contributed by atoms with E-state index in [9.17, 15) is 8.78 Å². The van der Waals surface area contributed by atoms with Gasteiger partial charge in [-0.1, -0.05) is 13.8 Å². The van der Waals surface area contributed by atoms with Crippen molar-refractivity contribution >= 4 is 0 Å². The molecule has 0 saturated carbocycles. The molecule has 0 aliphatic carbocycles. The third-order valence-corrected chi connectivity index (χ3v) is 3.55. The molecule has 0 spiro atoms. The Labute approximate surface area is 107 Å². The smallest absolute Gasteiger partial charge is 0.127 e. The van der Waals surface area contributed by atoms with E-state index in [-0.39, 0.29) is 11.6 Å². The second kappa shape index (κ2) is 5.76. The predicted molar refractivity (Wildman–Crippen MR) is 68.3 cm³/mol. The van der Waals surface area contributed by atoms with Gasteiger partial charge in [-0.05, 0) is 24.1 Å². The molecule has 1 unspecified atom stereocenters. The summed E-state index contributed by atoms with van der Waals surface area (Å²) in [4.78, 5) is 2.24. The Morgan fingerprint density at radius 2 is 2.17 bits per heavy atom. The van der Waals surface area contributed by atoms with Crippen molar-refractivity contribution in [3.63, 3.8) is 0 Å². The van der Waals surface area contributed by atoms with E-state index in [1.165, 1.54) is 12.1 Å². The second-order valence-corrected chi connectivity index (χ2v) is 5.22. The predicted octanol–water partition coefficient (Wildman–Crippen LogP) is 2.39. The zero-order valence-electron chi connectivity index (χ0n) is 10.9. The number of hydrogen-bond acceptors (Lipinski definition) is 2. The van der Waals surface area contributed by atoms with Gasteiger partial charge in [-0.15, -0.1) is 0 Å². The summed E-state index contributed by atoms with van der Waals surface area (Å²) in [5.74, 6) is -0.200. The number of nitrogens with zero attached hydrogens (tertiary/aromatic N) is 1. The van der Waals surface area contributed by atoms with Crippen LogP contribution in [0.5, 0.6) is 0 Å². The maximum Gasteiger partial charge on any atom is 0.127 e. The van der Waals surface area contributed by atoms with E-state index in [1.54, 1.807) is 0 Å². The molecule has 2 rings (SSSR count). The first-order valence-electron chi connectivity index (χ1n) is 6.46. The number of nitrogens with one attached hydrogen (secondary N) is 1. The van der Waals surface area contributed by atoms with Crippen molar-refractivity contribution in [1.82, 2.24) is 10.2 Å². The van der Waals surface area contributed by atoms with Gasteiger partial charge in [-0.2, -0.15) is 0 Å². The van der Waals surface area contributed by atoms with Crippen LogP contribution in [0.1, 0.15) is 19.4 Å². The maximum atomic E-state index is 13.6. The molecular weight excluding hydrogens is 234 g/mol. The normalized spacial score (nSPS) is 21.5. The average Bonchev–Trinajstić information content (AvgIpc) is 2.34. The lowest BCUT2D eigenvalue weighted by atomic mass is 9.99. The first-order valence-corrected chi connectivity index (χ1v) is 6.46. The van der Waals surface area contributed by atoms with E-state index >= 15 is 0 Å². The lowest BCUT2D eigenvalue weighted by Crippen LogP contribution is -2.53. The molecule has 0 aromatic heterocycles. The van der Waals surface area contributed by atoms with E-state index < -0.39 is 0 Å². The Morgan fingerprint density at radius 1 is 1.39 bits per heavy atom. The van der Waals surface area contributed by atoms with Crippen LogP contribution in [0.4, 0.5) is 8.78 Å². The molecule has 1 saturated heterocycles. The minimum atomic E-state index is -0.373. The van der Waals surface area contributed by atoms with Gasteiger partial charge < -0.3 is 5.32 Å². The Kier molecular flexibility index (Phi) is 4.30. The number of rotatable bonds is 3. The first-order chi connectivity index (χ1) is 8.58. The van der Waals surface area contributed by atoms with Crippen LogP contribution in [0.25, 0.3) is 0 Å². The SMILES string of the molecule is CC(C)C1CNCCN1Cc1cc(F)ccc1F. The largest absolute Gasteiger partial charge is 0.314 e. The highest BCUT2D eigenvalue weighted by atomic mass is 19.1. The molecule has 100 valence electrons. The van der Waals surface area contributed by atoms with Crippen LogP contribution in [0.15, 0.2) is 18.2 Å². The molecule has 2 nitrogen and oxygen atoms in total. The van der Waals surface area contributed by atoms with Crippen LogP contribution in [0.3, 0.4) is 0 Å². The minimum absolute atomic E-state index is 0.322. The zero-order chi connectivity index (χ0) is 13.1. The third kappa shape index (κ3) is 3.06. The highest BCUT2D eigenvalue weighted by Crippen LogP contribution is 2.18. The molecule has 1 fully saturated rings. The summed E-state index contributed by atoms with van der Waals surface area (Å²) in [5, 5.41) is 3.35. The summed E-state index contributed by atoms with van der Waals surface area (Å²) >= 11 is 0. The molecule has 0 amide bonds. The average molecular weight is 254 g/mol. The molecule has 1 aliphatic heterocycles. The molecular formula is C14H20F2N2. The van der Waals surface area contributed by atoms with Crippen molar-refractivity contribution < 1.29 is 8.78 Å². The molecule has 1 N–H and O–H groups in total. The van der Waals surface area contributed by atoms with Crippen molar-refractivity contribution in [2.45, 2.75) is 26.4 Å². The van der Waals surface area contributed by atoms with Gasteiger partial charge in [-0.3, -0.25) is 4.90 Å². The van der Waals surface area contributed by atoms with Gasteiger partial charge in [0.1, 0.15) is 11.6 Å². The van der Waals surface area contributed by atoms with Crippen LogP contribution in [0, 0.1) is 17.6 Å². The molecule has 4 heteroatoms. The lowest BCUT2D eigenvalue weighted by molar-refractivity contribution is 0.115. The Bertz CT molecular complexity index is 407. The van der Waals surface area contributed by atoms with Crippen LogP contribution >= 0.6 is 0 Å². The highest BCUT2D eigenvalue weighted by molar-refractivity contribution is 5.18. The van der Waals surface area contributed by atoms with E-state index in [0.29, 0.717) is 24.1 Å². The molecule has 1 aliphatic rings. The monoisotopic (exact) mass is 254 g/mol. The standard InChI is InChI=1S/C14H20F2N2/c1-10(2)14-8-17-5-6-18(14)9-11-7-12(15)3-4-13(11)16/h3-4,7,10,14,17H,5-6,8-9H2,1-2H3. The summed E-state index contributed by atoms with van der Waals surface area (Å²) in [7, 11) is 0. The zero-order valence-corrected chi connectivity index (χ0v) is 10.9. The maximum absolute atomic E-state index is 13.6. The van der Waals surface area contributed by atoms with Gasteiger partial charge in [0.05, 0.1) is 0 Å². The van der Waals surface area contributed by atoms with Crippen molar-refractivity contribution in [1.29, 1.82) is 0 Å². The lowest BCUT2D eigenvalue weighted by Gasteiger charge is -2.38. The van der Waals surface area contributed by atoms with Gasteiger partial charge >= 0.3 is 0 Å². The third-order valence-electron chi connectivity index (χ3n) is 3.55. The van der Waals surface area contributed by atoms with E-state index in [1.807, 2.05) is 0 Å². The van der Waals surface area contributed by atoms with Gasteiger partial charge in [0, 0.05) is 37.8 Å². The fourth-order valence-corrected chi connectivity index (χ4v) is 2.50. The van der Waals surface area contributed by atoms with E-state index in [0.717, 1.165) is 25.7 Å². The van der Waals surface area contributed by atoms with Crippen molar-refractivity contribution in [3.05, 3.63) is 35.4 Å². The van der Waals surface area contributed by atoms with Crippen molar-refractivity contribution in [2.24, 2.45) is 5.92 Å². The van der Waals surface area contributed by atoms with Crippen LogP contribution in [-0.4, -0.2) is 30.6 Å². The Balaban J connectivity index is 2.13. The van der Waals surface area contributed by atoms with Crippen molar-refractivity contribution in [2.75, 3.05) is 19.6 Å². The van der Waals surface area contributed by atoms with Gasteiger partial charge in [-0.25, -0.2) is 8.78 Å². The van der Waals surface area contributed by atoms with Crippen LogP contribution in [0.2, 0.25) is 0 Å². The summed E-state index contributed by atoms with van der Waals surface area (Å²) in [6, 6.07) is 4.05. The summed E-state index contributed by atoms with van der Waals surface area (Å²) < 4.78 is 26.8. The minimum Gasteiger partial charge on any atom is -0.314 e. The quantitative estimate of drug-likeness (QED) is 0.891. The number of benzene rings is 1. The number of piperazine rings is 1. The highest BCUT2D eigenvalue weighted by Gasteiger charge is 2.25. The Morgan fingerprint density at radius 3 is 2.89 bits per heavy atom. The summed E-state index contributed by atoms with van der Waals surface area (Å²) in [6.45, 7) is 7.49. The molecule has 1 aromatic rings. The molecule has 1 heterocycles. The number of hydrogen-bond donors (Lipinski definition) is 1. The molecule has 1 atom stereocenters. The second-order valence-electron chi connectivity index (χ2n) is 5.22.